The molecule has 4 bridgehead atoms. The fraction of sp³-hybridized carbons (Fsp3) is 0.786. The number of hydrogen-bond acceptors (Lipinski definition) is 4. The molecule has 36 heavy (non-hydrogen) atoms. The van der Waals surface area contributed by atoms with Crippen LogP contribution in [0.4, 0.5) is 0 Å². The number of nitrogens with one attached hydrogen (secondary N) is 2. The Balaban J connectivity index is 1.17. The normalized spacial score (nSPS) is 36.5. The number of aromatic nitrogens is 2. The number of carbonyl (C=O) groups is 3. The fourth-order valence-electron chi connectivity index (χ4n) is 8.56. The first-order chi connectivity index (χ1) is 17.2. The average molecular weight is 496 g/mol. The largest absolute Gasteiger partial charge is 0.351 e. The minimum Gasteiger partial charge on any atom is -0.351 e. The molecule has 1 aromatic rings. The van der Waals surface area contributed by atoms with Gasteiger partial charge in [0.15, 0.2) is 5.69 Å². The first-order valence-electron chi connectivity index (χ1n) is 14.1. The molecule has 3 amide bonds. The zero-order chi connectivity index (χ0) is 25.2. The van der Waals surface area contributed by atoms with E-state index in [1.807, 2.05) is 0 Å². The molecule has 0 aromatic carbocycles. The van der Waals surface area contributed by atoms with Gasteiger partial charge < -0.3 is 15.5 Å². The second kappa shape index (κ2) is 8.59. The molecule has 196 valence electrons. The van der Waals surface area contributed by atoms with Crippen LogP contribution in [0.5, 0.6) is 0 Å². The third kappa shape index (κ3) is 3.86. The molecule has 2 atom stereocenters. The quantitative estimate of drug-likeness (QED) is 0.653. The van der Waals surface area contributed by atoms with Crippen LogP contribution in [0.1, 0.15) is 105 Å². The van der Waals surface area contributed by atoms with E-state index in [0.29, 0.717) is 5.69 Å². The van der Waals surface area contributed by atoms with E-state index >= 15 is 0 Å². The first kappa shape index (κ1) is 24.0. The Kier molecular flexibility index (Phi) is 5.72. The summed E-state index contributed by atoms with van der Waals surface area (Å²) in [6.45, 7) is 4.19. The molecule has 8 heteroatoms. The van der Waals surface area contributed by atoms with Crippen molar-refractivity contribution in [3.05, 3.63) is 17.5 Å². The molecule has 5 saturated carbocycles. The average Bonchev–Trinajstić information content (AvgIpc) is 3.26. The summed E-state index contributed by atoms with van der Waals surface area (Å²) >= 11 is 0. The number of hydrogen-bond donors (Lipinski definition) is 2. The van der Waals surface area contributed by atoms with E-state index in [0.717, 1.165) is 43.4 Å². The summed E-state index contributed by atoms with van der Waals surface area (Å²) < 4.78 is 1.56. The van der Waals surface area contributed by atoms with Gasteiger partial charge in [0.1, 0.15) is 11.2 Å². The molecule has 2 unspecified atom stereocenters. The Labute approximate surface area is 213 Å². The standard InChI is InChI=1S/C28H41N5O3/c1-17(28-13-18-9-19(14-28)11-20(10-18)15-28)29-24(34)22-12-23-25(35)32(3)27(2,16-33(23)31-22)26(36)30-21-7-5-4-6-8-21/h12,17-21H,4-11,13-16H2,1-3H3,(H,29,34)(H,30,36). The molecule has 0 saturated heterocycles. The molecule has 1 aromatic heterocycles. The number of rotatable bonds is 5. The van der Waals surface area contributed by atoms with Crippen LogP contribution >= 0.6 is 0 Å². The van der Waals surface area contributed by atoms with Crippen molar-refractivity contribution in [2.75, 3.05) is 7.05 Å². The smallest absolute Gasteiger partial charge is 0.272 e. The van der Waals surface area contributed by atoms with Gasteiger partial charge in [-0.05, 0) is 88.4 Å². The van der Waals surface area contributed by atoms with Gasteiger partial charge in [-0.25, -0.2) is 0 Å². The van der Waals surface area contributed by atoms with Gasteiger partial charge in [0.2, 0.25) is 5.91 Å². The molecule has 6 aliphatic rings. The van der Waals surface area contributed by atoms with Gasteiger partial charge in [-0.3, -0.25) is 19.1 Å². The predicted octanol–water partition coefficient (Wildman–Crippen LogP) is 3.51. The molecule has 5 fully saturated rings. The van der Waals surface area contributed by atoms with Crippen LogP contribution in [0.3, 0.4) is 0 Å². The zero-order valence-corrected chi connectivity index (χ0v) is 22.0. The zero-order valence-electron chi connectivity index (χ0n) is 22.0. The lowest BCUT2D eigenvalue weighted by molar-refractivity contribution is -0.133. The lowest BCUT2D eigenvalue weighted by Crippen LogP contribution is -2.63. The number of likely N-dealkylation sites (N-methyl/N-ethyl adjacent to an activating group) is 1. The second-order valence-corrected chi connectivity index (χ2v) is 13.0. The predicted molar refractivity (Wildman–Crippen MR) is 135 cm³/mol. The van der Waals surface area contributed by atoms with E-state index in [2.05, 4.69) is 22.7 Å². The number of fused-ring (bicyclic) bond motifs is 1. The van der Waals surface area contributed by atoms with Crippen LogP contribution in [0.15, 0.2) is 6.07 Å². The second-order valence-electron chi connectivity index (χ2n) is 13.0. The van der Waals surface area contributed by atoms with Gasteiger partial charge in [-0.2, -0.15) is 5.10 Å². The molecular formula is C28H41N5O3. The third-order valence-corrected chi connectivity index (χ3v) is 10.5. The minimum absolute atomic E-state index is 0.0852. The van der Waals surface area contributed by atoms with E-state index in [1.165, 1.54) is 49.8 Å². The maximum Gasteiger partial charge on any atom is 0.272 e. The molecule has 8 nitrogen and oxygen atoms in total. The van der Waals surface area contributed by atoms with Crippen molar-refractivity contribution < 1.29 is 14.4 Å². The maximum absolute atomic E-state index is 13.3. The lowest BCUT2D eigenvalue weighted by atomic mass is 9.48. The summed E-state index contributed by atoms with van der Waals surface area (Å²) in [7, 11) is 1.67. The lowest BCUT2D eigenvalue weighted by Gasteiger charge is -2.59. The van der Waals surface area contributed by atoms with Crippen LogP contribution in [0.25, 0.3) is 0 Å². The topological polar surface area (TPSA) is 96.3 Å². The van der Waals surface area contributed by atoms with Crippen LogP contribution in [-0.2, 0) is 11.3 Å². The SMILES string of the molecule is CC(NC(=O)c1cc2n(n1)CC(C)(C(=O)NC1CCCCC1)N(C)C2=O)C12CC3CC(CC(C3)C1)C2. The van der Waals surface area contributed by atoms with Crippen molar-refractivity contribution >= 4 is 17.7 Å². The Morgan fingerprint density at radius 3 is 2.28 bits per heavy atom. The Morgan fingerprint density at radius 2 is 1.67 bits per heavy atom. The van der Waals surface area contributed by atoms with Crippen LogP contribution in [-0.4, -0.2) is 57.1 Å². The van der Waals surface area contributed by atoms with Gasteiger partial charge in [0, 0.05) is 25.2 Å². The van der Waals surface area contributed by atoms with Crippen LogP contribution < -0.4 is 10.6 Å². The summed E-state index contributed by atoms with van der Waals surface area (Å²) in [5, 5.41) is 11.0. The monoisotopic (exact) mass is 495 g/mol. The fourth-order valence-corrected chi connectivity index (χ4v) is 8.56. The van der Waals surface area contributed by atoms with Crippen LogP contribution in [0, 0.1) is 23.2 Å². The summed E-state index contributed by atoms with van der Waals surface area (Å²) in [5.74, 6) is 1.82. The van der Waals surface area contributed by atoms with Gasteiger partial charge in [0.25, 0.3) is 11.8 Å². The van der Waals surface area contributed by atoms with Gasteiger partial charge in [-0.1, -0.05) is 19.3 Å². The number of nitrogens with zero attached hydrogens (tertiary/aromatic N) is 3. The molecule has 0 radical (unpaired) electrons. The van der Waals surface area contributed by atoms with Crippen molar-refractivity contribution in [2.24, 2.45) is 23.2 Å². The summed E-state index contributed by atoms with van der Waals surface area (Å²) in [5.41, 5.74) is -0.211. The maximum atomic E-state index is 13.3. The Hall–Kier alpha value is -2.38. The third-order valence-electron chi connectivity index (χ3n) is 10.5. The molecule has 0 spiro atoms. The van der Waals surface area contributed by atoms with E-state index in [1.54, 1.807) is 24.7 Å². The van der Waals surface area contributed by atoms with E-state index in [4.69, 9.17) is 0 Å². The highest BCUT2D eigenvalue weighted by Crippen LogP contribution is 2.61. The van der Waals surface area contributed by atoms with E-state index in [9.17, 15) is 14.4 Å². The van der Waals surface area contributed by atoms with Gasteiger partial charge >= 0.3 is 0 Å². The Bertz CT molecular complexity index is 1040. The summed E-state index contributed by atoms with van der Waals surface area (Å²) in [4.78, 5) is 41.4. The van der Waals surface area contributed by atoms with Crippen molar-refractivity contribution in [2.45, 2.75) is 109 Å². The van der Waals surface area contributed by atoms with Crippen molar-refractivity contribution in [3.8, 4) is 0 Å². The molecule has 1 aliphatic heterocycles. The van der Waals surface area contributed by atoms with Crippen molar-refractivity contribution in [1.82, 2.24) is 25.3 Å². The van der Waals surface area contributed by atoms with Gasteiger partial charge in [-0.15, -0.1) is 0 Å². The van der Waals surface area contributed by atoms with Crippen molar-refractivity contribution in [1.29, 1.82) is 0 Å². The van der Waals surface area contributed by atoms with E-state index < -0.39 is 5.54 Å². The molecule has 5 aliphatic carbocycles. The number of carbonyl (C=O) groups excluding carboxylic acids is 3. The van der Waals surface area contributed by atoms with Gasteiger partial charge in [0.05, 0.1) is 6.54 Å². The Morgan fingerprint density at radius 1 is 1.06 bits per heavy atom. The van der Waals surface area contributed by atoms with E-state index in [-0.39, 0.29) is 47.5 Å². The highest BCUT2D eigenvalue weighted by molar-refractivity contribution is 6.01. The minimum atomic E-state index is -1.05. The molecule has 2 N–H and O–H groups in total. The highest BCUT2D eigenvalue weighted by atomic mass is 16.2. The summed E-state index contributed by atoms with van der Waals surface area (Å²) in [6, 6.07) is 1.85. The van der Waals surface area contributed by atoms with Crippen molar-refractivity contribution in [3.63, 3.8) is 0 Å². The molecule has 7 rings (SSSR count). The number of amides is 3. The summed E-state index contributed by atoms with van der Waals surface area (Å²) in [6.07, 6.45) is 13.2. The molecule has 2 heterocycles. The first-order valence-corrected chi connectivity index (χ1v) is 14.1. The molecular weight excluding hydrogens is 454 g/mol. The van der Waals surface area contributed by atoms with Crippen LogP contribution in [0.2, 0.25) is 0 Å². The highest BCUT2D eigenvalue weighted by Gasteiger charge is 2.53.